The molecule has 0 radical (unpaired) electrons. The Morgan fingerprint density at radius 2 is 2.22 bits per heavy atom. The Morgan fingerprint density at radius 3 is 2.61 bits per heavy atom. The smallest absolute Gasteiger partial charge is 0.363 e. The summed E-state index contributed by atoms with van der Waals surface area (Å²) in [5.41, 5.74) is 0. The molecule has 0 fully saturated rings. The Kier molecular flexibility index (Phi) is 4.70. The van der Waals surface area contributed by atoms with Crippen molar-refractivity contribution in [2.75, 3.05) is 6.61 Å². The van der Waals surface area contributed by atoms with Crippen LogP contribution in [0.15, 0.2) is 23.2 Å². The van der Waals surface area contributed by atoms with E-state index >= 15 is 0 Å². The van der Waals surface area contributed by atoms with Crippen LogP contribution in [0.1, 0.15) is 13.3 Å². The van der Waals surface area contributed by atoms with E-state index in [0.717, 1.165) is 18.3 Å². The van der Waals surface area contributed by atoms with Crippen LogP contribution < -0.4 is 4.72 Å². The van der Waals surface area contributed by atoms with Crippen LogP contribution in [-0.4, -0.2) is 36.1 Å². The summed E-state index contributed by atoms with van der Waals surface area (Å²) in [5, 5.41) is 19.3. The second kappa shape index (κ2) is 5.85. The zero-order chi connectivity index (χ0) is 13.8. The Balaban J connectivity index is 2.95. The van der Waals surface area contributed by atoms with E-state index in [1.807, 2.05) is 0 Å². The zero-order valence-corrected chi connectivity index (χ0v) is 10.4. The molecule has 0 spiro atoms. The number of hydrogen-bond donors (Lipinski definition) is 2. The molecule has 0 aliphatic carbocycles. The number of rotatable bonds is 6. The minimum Gasteiger partial charge on any atom is -0.395 e. The standard InChI is InChI=1S/C9H13N3O5S/c1-2-7(6-13)11-18(16,17)8-3-4-9(10-5-8)12(14)15/h3-5,7,11,13H,2,6H2,1H3/t7-/m1/s1. The van der Waals surface area contributed by atoms with Crippen molar-refractivity contribution in [2.45, 2.75) is 24.3 Å². The van der Waals surface area contributed by atoms with Crippen LogP contribution in [0.25, 0.3) is 0 Å². The predicted molar refractivity (Wildman–Crippen MR) is 62.4 cm³/mol. The first-order valence-electron chi connectivity index (χ1n) is 5.14. The van der Waals surface area contributed by atoms with Crippen molar-refractivity contribution in [3.63, 3.8) is 0 Å². The van der Waals surface area contributed by atoms with Crippen molar-refractivity contribution in [3.05, 3.63) is 28.4 Å². The van der Waals surface area contributed by atoms with Crippen LogP contribution >= 0.6 is 0 Å². The molecule has 0 saturated carbocycles. The molecule has 1 atom stereocenters. The number of aliphatic hydroxyl groups excluding tert-OH is 1. The van der Waals surface area contributed by atoms with Crippen LogP contribution in [0.5, 0.6) is 0 Å². The molecule has 1 aromatic heterocycles. The first-order chi connectivity index (χ1) is 8.40. The first-order valence-corrected chi connectivity index (χ1v) is 6.62. The number of aliphatic hydroxyl groups is 1. The van der Waals surface area contributed by atoms with Crippen molar-refractivity contribution < 1.29 is 18.4 Å². The lowest BCUT2D eigenvalue weighted by Gasteiger charge is -2.13. The largest absolute Gasteiger partial charge is 0.395 e. The maximum atomic E-state index is 11.8. The number of hydrogen-bond acceptors (Lipinski definition) is 6. The molecule has 100 valence electrons. The molecular weight excluding hydrogens is 262 g/mol. The molecule has 2 N–H and O–H groups in total. The summed E-state index contributed by atoms with van der Waals surface area (Å²) >= 11 is 0. The summed E-state index contributed by atoms with van der Waals surface area (Å²) < 4.78 is 25.9. The van der Waals surface area contributed by atoms with Crippen LogP contribution in [0.2, 0.25) is 0 Å². The highest BCUT2D eigenvalue weighted by Gasteiger charge is 2.21. The minimum absolute atomic E-state index is 0.181. The third-order valence-corrected chi connectivity index (χ3v) is 3.76. The Labute approximate surface area is 104 Å². The van der Waals surface area contributed by atoms with Crippen LogP contribution in [0.4, 0.5) is 5.82 Å². The molecule has 0 saturated heterocycles. The SMILES string of the molecule is CC[C@H](CO)NS(=O)(=O)c1ccc([N+](=O)[O-])nc1. The second-order valence-electron chi connectivity index (χ2n) is 3.52. The third-order valence-electron chi connectivity index (χ3n) is 2.25. The van der Waals surface area contributed by atoms with Crippen molar-refractivity contribution in [3.8, 4) is 0 Å². The summed E-state index contributed by atoms with van der Waals surface area (Å²) in [5.74, 6) is -0.428. The number of nitro groups is 1. The number of nitrogens with zero attached hydrogens (tertiary/aromatic N) is 2. The van der Waals surface area contributed by atoms with Gasteiger partial charge in [0.1, 0.15) is 4.90 Å². The number of pyridine rings is 1. The van der Waals surface area contributed by atoms with E-state index in [0.29, 0.717) is 6.42 Å². The molecular formula is C9H13N3O5S. The monoisotopic (exact) mass is 275 g/mol. The Morgan fingerprint density at radius 1 is 1.56 bits per heavy atom. The highest BCUT2D eigenvalue weighted by atomic mass is 32.2. The lowest BCUT2D eigenvalue weighted by Crippen LogP contribution is -2.36. The van der Waals surface area contributed by atoms with Gasteiger partial charge in [0.25, 0.3) is 0 Å². The lowest BCUT2D eigenvalue weighted by atomic mass is 10.3. The number of nitrogens with one attached hydrogen (secondary N) is 1. The van der Waals surface area contributed by atoms with E-state index in [1.165, 1.54) is 0 Å². The predicted octanol–water partition coefficient (Wildman–Crippen LogP) is 0.0390. The molecule has 0 aliphatic rings. The van der Waals surface area contributed by atoms with Gasteiger partial charge in [0, 0.05) is 12.1 Å². The van der Waals surface area contributed by atoms with Gasteiger partial charge >= 0.3 is 5.82 Å². The molecule has 1 rings (SSSR count). The maximum Gasteiger partial charge on any atom is 0.363 e. The van der Waals surface area contributed by atoms with Gasteiger partial charge in [0.15, 0.2) is 6.20 Å². The first kappa shape index (κ1) is 14.5. The van der Waals surface area contributed by atoms with Crippen LogP contribution in [0.3, 0.4) is 0 Å². The molecule has 8 nitrogen and oxygen atoms in total. The highest BCUT2D eigenvalue weighted by molar-refractivity contribution is 7.89. The lowest BCUT2D eigenvalue weighted by molar-refractivity contribution is -0.389. The number of sulfonamides is 1. The van der Waals surface area contributed by atoms with Crippen molar-refractivity contribution in [1.82, 2.24) is 9.71 Å². The van der Waals surface area contributed by atoms with Gasteiger partial charge in [0.2, 0.25) is 10.0 Å². The van der Waals surface area contributed by atoms with E-state index in [2.05, 4.69) is 9.71 Å². The topological polar surface area (TPSA) is 122 Å². The normalized spacial score (nSPS) is 13.2. The zero-order valence-electron chi connectivity index (χ0n) is 9.61. The fraction of sp³-hybridized carbons (Fsp3) is 0.444. The molecule has 0 unspecified atom stereocenters. The fourth-order valence-electron chi connectivity index (χ4n) is 1.18. The van der Waals surface area contributed by atoms with Gasteiger partial charge < -0.3 is 15.2 Å². The Bertz CT molecular complexity index is 510. The van der Waals surface area contributed by atoms with Crippen molar-refractivity contribution in [2.24, 2.45) is 0 Å². The summed E-state index contributed by atoms with van der Waals surface area (Å²) in [7, 11) is -3.82. The van der Waals surface area contributed by atoms with E-state index in [4.69, 9.17) is 5.11 Å². The van der Waals surface area contributed by atoms with Gasteiger partial charge in [-0.15, -0.1) is 0 Å². The molecule has 1 heterocycles. The Hall–Kier alpha value is -1.58. The highest BCUT2D eigenvalue weighted by Crippen LogP contribution is 2.12. The molecule has 0 bridgehead atoms. The summed E-state index contributed by atoms with van der Waals surface area (Å²) in [6, 6.07) is 1.51. The van der Waals surface area contributed by atoms with E-state index in [1.54, 1.807) is 6.92 Å². The van der Waals surface area contributed by atoms with Gasteiger partial charge in [0.05, 0.1) is 6.61 Å². The maximum absolute atomic E-state index is 11.8. The molecule has 1 aromatic rings. The van der Waals surface area contributed by atoms with Crippen LogP contribution in [-0.2, 0) is 10.0 Å². The van der Waals surface area contributed by atoms with Crippen molar-refractivity contribution in [1.29, 1.82) is 0 Å². The average Bonchev–Trinajstić information content (AvgIpc) is 2.36. The van der Waals surface area contributed by atoms with Gasteiger partial charge in [-0.3, -0.25) is 0 Å². The van der Waals surface area contributed by atoms with Gasteiger partial charge in [-0.2, -0.15) is 0 Å². The molecule has 9 heteroatoms. The molecule has 0 aromatic carbocycles. The fourth-order valence-corrected chi connectivity index (χ4v) is 2.43. The molecule has 18 heavy (non-hydrogen) atoms. The van der Waals surface area contributed by atoms with E-state index in [-0.39, 0.29) is 11.5 Å². The summed E-state index contributed by atoms with van der Waals surface area (Å²) in [6.07, 6.45) is 1.33. The minimum atomic E-state index is -3.82. The average molecular weight is 275 g/mol. The molecule has 0 amide bonds. The molecule has 0 aliphatic heterocycles. The van der Waals surface area contributed by atoms with E-state index in [9.17, 15) is 18.5 Å². The quantitative estimate of drug-likeness (QED) is 0.558. The van der Waals surface area contributed by atoms with Crippen LogP contribution in [0, 0.1) is 10.1 Å². The second-order valence-corrected chi connectivity index (χ2v) is 5.23. The van der Waals surface area contributed by atoms with Gasteiger partial charge in [-0.05, 0) is 22.4 Å². The summed E-state index contributed by atoms with van der Waals surface area (Å²) in [4.78, 5) is 12.9. The van der Waals surface area contributed by atoms with Gasteiger partial charge in [-0.25, -0.2) is 13.1 Å². The summed E-state index contributed by atoms with van der Waals surface area (Å²) in [6.45, 7) is 1.40. The number of aromatic nitrogens is 1. The van der Waals surface area contributed by atoms with Gasteiger partial charge in [-0.1, -0.05) is 6.92 Å². The van der Waals surface area contributed by atoms with Crippen molar-refractivity contribution >= 4 is 15.8 Å². The van der Waals surface area contributed by atoms with E-state index < -0.39 is 26.8 Å². The third kappa shape index (κ3) is 3.45.